The number of amides is 1. The average Bonchev–Trinajstić information content (AvgIpc) is 2.93. The van der Waals surface area contributed by atoms with Crippen LogP contribution in [0.1, 0.15) is 25.0 Å². The first kappa shape index (κ1) is 18.1. The number of anilines is 1. The van der Waals surface area contributed by atoms with Gasteiger partial charge in [-0.05, 0) is 43.7 Å². The van der Waals surface area contributed by atoms with Crippen LogP contribution in [-0.4, -0.2) is 52.5 Å². The molecule has 3 heterocycles. The number of carbonyl (C=O) groups is 1. The highest BCUT2D eigenvalue weighted by molar-refractivity contribution is 5.77. The molecule has 1 aliphatic rings. The van der Waals surface area contributed by atoms with E-state index in [1.54, 1.807) is 30.7 Å². The summed E-state index contributed by atoms with van der Waals surface area (Å²) in [5, 5.41) is 2.98. The molecule has 0 bridgehead atoms. The second kappa shape index (κ2) is 9.12. The first-order valence-electron chi connectivity index (χ1n) is 9.04. The highest BCUT2D eigenvalue weighted by Crippen LogP contribution is 2.21. The first-order chi connectivity index (χ1) is 12.7. The largest absolute Gasteiger partial charge is 0.482 e. The van der Waals surface area contributed by atoms with Crippen LogP contribution >= 0.6 is 0 Å². The minimum atomic E-state index is 0.0349. The molecule has 2 aromatic rings. The maximum Gasteiger partial charge on any atom is 0.260 e. The second-order valence-corrected chi connectivity index (χ2v) is 6.50. The molecule has 1 atom stereocenters. The van der Waals surface area contributed by atoms with Gasteiger partial charge in [0.25, 0.3) is 5.91 Å². The molecule has 0 saturated carbocycles. The summed E-state index contributed by atoms with van der Waals surface area (Å²) in [6.45, 7) is 1.62. The van der Waals surface area contributed by atoms with Gasteiger partial charge >= 0.3 is 0 Å². The lowest BCUT2D eigenvalue weighted by molar-refractivity contribution is -0.133. The van der Waals surface area contributed by atoms with Crippen LogP contribution in [0.2, 0.25) is 0 Å². The summed E-state index contributed by atoms with van der Waals surface area (Å²) in [5.41, 5.74) is 1.01. The van der Waals surface area contributed by atoms with Crippen molar-refractivity contribution >= 4 is 11.7 Å². The maximum absolute atomic E-state index is 12.4. The zero-order valence-corrected chi connectivity index (χ0v) is 15.1. The number of nitrogens with one attached hydrogen (secondary N) is 1. The number of hydrogen-bond donors (Lipinski definition) is 1. The molecule has 1 amide bonds. The Morgan fingerprint density at radius 3 is 2.92 bits per heavy atom. The summed E-state index contributed by atoms with van der Waals surface area (Å²) >= 11 is 0. The molecule has 0 radical (unpaired) electrons. The van der Waals surface area contributed by atoms with Crippen LogP contribution in [0.4, 0.5) is 5.82 Å². The third-order valence-electron chi connectivity index (χ3n) is 4.66. The Morgan fingerprint density at radius 1 is 1.27 bits per heavy atom. The van der Waals surface area contributed by atoms with Crippen molar-refractivity contribution in [1.29, 1.82) is 0 Å². The van der Waals surface area contributed by atoms with E-state index in [1.165, 1.54) is 0 Å². The molecule has 7 nitrogen and oxygen atoms in total. The molecule has 2 aromatic heterocycles. The van der Waals surface area contributed by atoms with Crippen LogP contribution < -0.4 is 10.1 Å². The van der Waals surface area contributed by atoms with Crippen molar-refractivity contribution in [2.45, 2.75) is 25.7 Å². The van der Waals surface area contributed by atoms with Crippen LogP contribution in [0.5, 0.6) is 5.75 Å². The topological polar surface area (TPSA) is 80.2 Å². The van der Waals surface area contributed by atoms with E-state index in [0.717, 1.165) is 50.3 Å². The Morgan fingerprint density at radius 2 is 2.19 bits per heavy atom. The van der Waals surface area contributed by atoms with Crippen molar-refractivity contribution in [1.82, 2.24) is 19.9 Å². The van der Waals surface area contributed by atoms with E-state index in [1.807, 2.05) is 18.1 Å². The summed E-state index contributed by atoms with van der Waals surface area (Å²) in [7, 11) is 1.83. The van der Waals surface area contributed by atoms with Gasteiger partial charge in [-0.15, -0.1) is 0 Å². The van der Waals surface area contributed by atoms with Crippen molar-refractivity contribution in [2.24, 2.45) is 5.92 Å². The van der Waals surface area contributed by atoms with E-state index in [9.17, 15) is 4.79 Å². The average molecular weight is 355 g/mol. The zero-order valence-electron chi connectivity index (χ0n) is 15.1. The zero-order chi connectivity index (χ0) is 18.2. The predicted octanol–water partition coefficient (Wildman–Crippen LogP) is 2.16. The van der Waals surface area contributed by atoms with Gasteiger partial charge in [0.05, 0.1) is 24.3 Å². The Hall–Kier alpha value is -2.70. The van der Waals surface area contributed by atoms with Gasteiger partial charge in [-0.2, -0.15) is 0 Å². The Balaban J connectivity index is 1.47. The third-order valence-corrected chi connectivity index (χ3v) is 4.66. The van der Waals surface area contributed by atoms with Gasteiger partial charge < -0.3 is 15.0 Å². The summed E-state index contributed by atoms with van der Waals surface area (Å²) in [4.78, 5) is 27.1. The summed E-state index contributed by atoms with van der Waals surface area (Å²) in [6, 6.07) is 3.60. The molecule has 0 spiro atoms. The predicted molar refractivity (Wildman–Crippen MR) is 98.9 cm³/mol. The number of carbonyl (C=O) groups excluding carboxylic acids is 1. The van der Waals surface area contributed by atoms with E-state index in [0.29, 0.717) is 11.7 Å². The molecule has 0 aliphatic carbocycles. The molecule has 0 aromatic carbocycles. The van der Waals surface area contributed by atoms with Gasteiger partial charge in [0.1, 0.15) is 11.6 Å². The lowest BCUT2D eigenvalue weighted by atomic mass is 9.95. The normalized spacial score (nSPS) is 17.4. The molecule has 1 aliphatic heterocycles. The quantitative estimate of drug-likeness (QED) is 0.855. The van der Waals surface area contributed by atoms with E-state index in [4.69, 9.17) is 4.74 Å². The fourth-order valence-electron chi connectivity index (χ4n) is 3.17. The Labute approximate surface area is 153 Å². The van der Waals surface area contributed by atoms with Crippen LogP contribution in [-0.2, 0) is 11.2 Å². The summed E-state index contributed by atoms with van der Waals surface area (Å²) in [6.07, 6.45) is 10.9. The van der Waals surface area contributed by atoms with Gasteiger partial charge in [0, 0.05) is 26.3 Å². The number of rotatable bonds is 6. The SMILES string of the molecule is CNc1cnc(C[C@H]2CCCN(C(=O)COc3cccnc3)CC2)cn1. The molecule has 26 heavy (non-hydrogen) atoms. The minimum absolute atomic E-state index is 0.0349. The van der Waals surface area contributed by atoms with Crippen molar-refractivity contribution in [3.05, 3.63) is 42.6 Å². The number of aromatic nitrogens is 3. The lowest BCUT2D eigenvalue weighted by Gasteiger charge is -2.20. The Kier molecular flexibility index (Phi) is 6.35. The fourth-order valence-corrected chi connectivity index (χ4v) is 3.17. The van der Waals surface area contributed by atoms with E-state index in [-0.39, 0.29) is 12.5 Å². The van der Waals surface area contributed by atoms with Crippen molar-refractivity contribution in [3.8, 4) is 5.75 Å². The standard InChI is InChI=1S/C19H25N5O2/c1-20-18-13-22-16(11-23-18)10-15-4-3-8-24(9-6-15)19(25)14-26-17-5-2-7-21-12-17/h2,5,7,11-13,15H,3-4,6,8-10,14H2,1H3,(H,20,23)/t15-/m0/s1. The van der Waals surface area contributed by atoms with E-state index >= 15 is 0 Å². The summed E-state index contributed by atoms with van der Waals surface area (Å²) in [5.74, 6) is 1.96. The van der Waals surface area contributed by atoms with Crippen molar-refractivity contribution in [2.75, 3.05) is 32.1 Å². The summed E-state index contributed by atoms with van der Waals surface area (Å²) < 4.78 is 5.53. The number of nitrogens with zero attached hydrogens (tertiary/aromatic N) is 4. The molecular formula is C19H25N5O2. The maximum atomic E-state index is 12.4. The van der Waals surface area contributed by atoms with Gasteiger partial charge in [-0.3, -0.25) is 14.8 Å². The van der Waals surface area contributed by atoms with Gasteiger partial charge in [-0.25, -0.2) is 4.98 Å². The van der Waals surface area contributed by atoms with Crippen molar-refractivity contribution in [3.63, 3.8) is 0 Å². The monoisotopic (exact) mass is 355 g/mol. The smallest absolute Gasteiger partial charge is 0.260 e. The highest BCUT2D eigenvalue weighted by Gasteiger charge is 2.21. The van der Waals surface area contributed by atoms with Crippen LogP contribution in [0.3, 0.4) is 0 Å². The molecule has 1 saturated heterocycles. The highest BCUT2D eigenvalue weighted by atomic mass is 16.5. The molecular weight excluding hydrogens is 330 g/mol. The molecule has 1 N–H and O–H groups in total. The van der Waals surface area contributed by atoms with Gasteiger partial charge in [-0.1, -0.05) is 0 Å². The minimum Gasteiger partial charge on any atom is -0.482 e. The molecule has 1 fully saturated rings. The Bertz CT molecular complexity index is 693. The third kappa shape index (κ3) is 5.15. The van der Waals surface area contributed by atoms with Crippen LogP contribution in [0.25, 0.3) is 0 Å². The number of likely N-dealkylation sites (tertiary alicyclic amines) is 1. The number of ether oxygens (including phenoxy) is 1. The second-order valence-electron chi connectivity index (χ2n) is 6.50. The molecule has 0 unspecified atom stereocenters. The lowest BCUT2D eigenvalue weighted by Crippen LogP contribution is -2.35. The van der Waals surface area contributed by atoms with Crippen LogP contribution in [0.15, 0.2) is 36.9 Å². The first-order valence-corrected chi connectivity index (χ1v) is 9.04. The van der Waals surface area contributed by atoms with Gasteiger partial charge in [0.2, 0.25) is 0 Å². The van der Waals surface area contributed by atoms with Gasteiger partial charge in [0.15, 0.2) is 6.61 Å². The fraction of sp³-hybridized carbons (Fsp3) is 0.474. The van der Waals surface area contributed by atoms with E-state index < -0.39 is 0 Å². The molecule has 3 rings (SSSR count). The number of hydrogen-bond acceptors (Lipinski definition) is 6. The van der Waals surface area contributed by atoms with Crippen molar-refractivity contribution < 1.29 is 9.53 Å². The van der Waals surface area contributed by atoms with E-state index in [2.05, 4.69) is 20.3 Å². The van der Waals surface area contributed by atoms with Crippen LogP contribution in [0, 0.1) is 5.92 Å². The molecule has 138 valence electrons. The molecule has 7 heteroatoms. The number of pyridine rings is 1.